The molecule has 10 heteroatoms. The number of unbranched alkanes of at least 4 members (excludes halogenated alkanes) is 7. The van der Waals surface area contributed by atoms with E-state index in [4.69, 9.17) is 9.47 Å². The number of hydrogen-bond donors (Lipinski definition) is 4. The van der Waals surface area contributed by atoms with E-state index in [1.807, 2.05) is 0 Å². The molecule has 290 valence electrons. The maximum absolute atomic E-state index is 12.7. The number of aliphatic hydroxyl groups excluding tert-OH is 2. The molecule has 2 unspecified atom stereocenters. The van der Waals surface area contributed by atoms with E-state index in [2.05, 4.69) is 0 Å². The van der Waals surface area contributed by atoms with Gasteiger partial charge >= 0.3 is 11.9 Å². The summed E-state index contributed by atoms with van der Waals surface area (Å²) in [7, 11) is 0. The summed E-state index contributed by atoms with van der Waals surface area (Å²) in [6, 6.07) is 1.34. The molecule has 0 spiro atoms. The number of carbonyl (C=O) groups is 2. The number of fused-ring (bicyclic) bond motifs is 2. The van der Waals surface area contributed by atoms with Crippen LogP contribution < -0.4 is 0 Å². The fraction of sp³-hybridized carbons (Fsp3) is 0.950. The van der Waals surface area contributed by atoms with Gasteiger partial charge in [-0.2, -0.15) is 0 Å². The molecular formula is C40H74N2O8+2. The lowest BCUT2D eigenvalue weighted by Crippen LogP contribution is -2.53. The van der Waals surface area contributed by atoms with Crippen LogP contribution in [0.25, 0.3) is 0 Å². The average Bonchev–Trinajstić information content (AvgIpc) is 3.80. The lowest BCUT2D eigenvalue weighted by molar-refractivity contribution is -0.928. The van der Waals surface area contributed by atoms with Gasteiger partial charge in [-0.15, -0.1) is 0 Å². The third-order valence-corrected chi connectivity index (χ3v) is 13.8. The standard InChI is InChI=1S/C40H74N2O8/c1-29(2)39(47,31(5)43)37(45)49-27-33-23-35-17-15-21-41(35,25-33)19-13-11-9-7-8-10-12-14-20-42-22-16-18-36(42)24-34(26-42)28-50-38(46)40(48,30(3)4)32(6)44/h29-36,43-44,47-48H,7-28H2,1-6H3/q+2/t31-,32-,33-,34+,35+,36-,39-,40-,41?,42?/m1/s1. The number of nitrogens with zero attached hydrogens (tertiary/aromatic N) is 2. The molecule has 10 atom stereocenters. The molecule has 10 nitrogen and oxygen atoms in total. The largest absolute Gasteiger partial charge is 0.463 e. The van der Waals surface area contributed by atoms with Crippen molar-refractivity contribution in [3.05, 3.63) is 0 Å². The maximum atomic E-state index is 12.7. The van der Waals surface area contributed by atoms with Crippen LogP contribution in [0.3, 0.4) is 0 Å². The smallest absolute Gasteiger partial charge is 0.341 e. The highest BCUT2D eigenvalue weighted by molar-refractivity contribution is 5.81. The monoisotopic (exact) mass is 711 g/mol. The van der Waals surface area contributed by atoms with Crippen LogP contribution in [-0.2, 0) is 19.1 Å². The molecule has 0 aliphatic carbocycles. The van der Waals surface area contributed by atoms with Gasteiger partial charge in [-0.3, -0.25) is 0 Å². The van der Waals surface area contributed by atoms with E-state index in [0.29, 0.717) is 37.1 Å². The minimum absolute atomic E-state index is 0.326. The summed E-state index contributed by atoms with van der Waals surface area (Å²) in [4.78, 5) is 25.5. The lowest BCUT2D eigenvalue weighted by Gasteiger charge is -2.35. The van der Waals surface area contributed by atoms with Gasteiger partial charge in [0.15, 0.2) is 11.2 Å². The van der Waals surface area contributed by atoms with Crippen molar-refractivity contribution in [3.8, 4) is 0 Å². The quantitative estimate of drug-likeness (QED) is 0.0764. The first-order valence-electron chi connectivity index (χ1n) is 20.5. The molecule has 4 heterocycles. The summed E-state index contributed by atoms with van der Waals surface area (Å²) >= 11 is 0. The molecule has 4 N–H and O–H groups in total. The molecule has 0 aromatic carbocycles. The highest BCUT2D eigenvalue weighted by atomic mass is 16.6. The number of rotatable bonds is 21. The van der Waals surface area contributed by atoms with Crippen LogP contribution in [0.1, 0.15) is 131 Å². The van der Waals surface area contributed by atoms with Crippen LogP contribution in [-0.4, -0.2) is 129 Å². The molecule has 4 fully saturated rings. The minimum atomic E-state index is -1.86. The van der Waals surface area contributed by atoms with Gasteiger partial charge < -0.3 is 38.9 Å². The molecule has 4 aliphatic rings. The van der Waals surface area contributed by atoms with Crippen molar-refractivity contribution >= 4 is 11.9 Å². The Kier molecular flexibility index (Phi) is 14.7. The summed E-state index contributed by atoms with van der Waals surface area (Å²) in [6.07, 6.45) is 15.2. The van der Waals surface area contributed by atoms with E-state index >= 15 is 0 Å². The van der Waals surface area contributed by atoms with Gasteiger partial charge in [-0.25, -0.2) is 9.59 Å². The van der Waals surface area contributed by atoms with Gasteiger partial charge in [-0.1, -0.05) is 53.4 Å². The average molecular weight is 711 g/mol. The van der Waals surface area contributed by atoms with E-state index in [1.54, 1.807) is 27.7 Å². The second-order valence-electron chi connectivity index (χ2n) is 17.8. The first-order chi connectivity index (χ1) is 23.6. The topological polar surface area (TPSA) is 134 Å². The van der Waals surface area contributed by atoms with Crippen molar-refractivity contribution in [2.75, 3.05) is 52.5 Å². The van der Waals surface area contributed by atoms with Crippen LogP contribution in [0.4, 0.5) is 0 Å². The van der Waals surface area contributed by atoms with Crippen LogP contribution in [0, 0.1) is 23.7 Å². The van der Waals surface area contributed by atoms with E-state index in [1.165, 1.54) is 126 Å². The van der Waals surface area contributed by atoms with Gasteiger partial charge in [0, 0.05) is 50.4 Å². The molecule has 4 rings (SSSR count). The maximum Gasteiger partial charge on any atom is 0.341 e. The third kappa shape index (κ3) is 9.07. The molecule has 4 aliphatic heterocycles. The van der Waals surface area contributed by atoms with Gasteiger partial charge in [0.05, 0.1) is 76.8 Å². The van der Waals surface area contributed by atoms with Crippen LogP contribution in [0.15, 0.2) is 0 Å². The van der Waals surface area contributed by atoms with Gasteiger partial charge in [-0.05, 0) is 51.4 Å². The van der Waals surface area contributed by atoms with E-state index < -0.39 is 47.2 Å². The zero-order chi connectivity index (χ0) is 36.7. The van der Waals surface area contributed by atoms with Crippen LogP contribution >= 0.6 is 0 Å². The Morgan fingerprint density at radius 2 is 0.960 bits per heavy atom. The Bertz CT molecular complexity index is 997. The number of quaternary nitrogens is 2. The van der Waals surface area contributed by atoms with E-state index in [0.717, 1.165) is 25.9 Å². The first-order valence-corrected chi connectivity index (χ1v) is 20.5. The summed E-state index contributed by atoms with van der Waals surface area (Å²) in [5, 5.41) is 41.7. The highest BCUT2D eigenvalue weighted by Crippen LogP contribution is 2.41. The molecule has 4 saturated heterocycles. The second kappa shape index (κ2) is 17.7. The normalized spacial score (nSPS) is 32.8. The van der Waals surface area contributed by atoms with Crippen LogP contribution in [0.2, 0.25) is 0 Å². The highest BCUT2D eigenvalue weighted by Gasteiger charge is 2.52. The van der Waals surface area contributed by atoms with E-state index in [-0.39, 0.29) is 0 Å². The first kappa shape index (κ1) is 41.5. The fourth-order valence-electron chi connectivity index (χ4n) is 10.6. The SMILES string of the molecule is CC(C)[C@](O)(C(=O)OC[C@@H]1C[C@@H]2CCC[N+]2(CCCCCCCCCC[N+]23CCC[C@@H]2C[C@H](COC(=O)[C@@](O)(C(C)C)[C@@H](C)O)C3)C1)[C@@H](C)O. The number of carbonyl (C=O) groups excluding carboxylic acids is 2. The molecule has 0 saturated carbocycles. The van der Waals surface area contributed by atoms with Gasteiger partial charge in [0.25, 0.3) is 0 Å². The fourth-order valence-corrected chi connectivity index (χ4v) is 10.6. The van der Waals surface area contributed by atoms with Crippen LogP contribution in [0.5, 0.6) is 0 Å². The lowest BCUT2D eigenvalue weighted by atomic mass is 9.85. The Hall–Kier alpha value is -1.30. The van der Waals surface area contributed by atoms with Crippen molar-refractivity contribution < 1.29 is 48.5 Å². The summed E-state index contributed by atoms with van der Waals surface area (Å²) in [6.45, 7) is 17.5. The van der Waals surface area contributed by atoms with Crippen molar-refractivity contribution in [2.24, 2.45) is 23.7 Å². The third-order valence-electron chi connectivity index (χ3n) is 13.8. The van der Waals surface area contributed by atoms with E-state index in [9.17, 15) is 30.0 Å². The zero-order valence-corrected chi connectivity index (χ0v) is 32.5. The summed E-state index contributed by atoms with van der Waals surface area (Å²) in [5.41, 5.74) is -3.72. The Morgan fingerprint density at radius 1 is 0.620 bits per heavy atom. The molecule has 0 radical (unpaired) electrons. The zero-order valence-electron chi connectivity index (χ0n) is 32.5. The van der Waals surface area contributed by atoms with Crippen molar-refractivity contribution in [3.63, 3.8) is 0 Å². The van der Waals surface area contributed by atoms with Crippen molar-refractivity contribution in [1.29, 1.82) is 0 Å². The van der Waals surface area contributed by atoms with Crippen molar-refractivity contribution in [1.82, 2.24) is 0 Å². The molecule has 0 aromatic rings. The summed E-state index contributed by atoms with van der Waals surface area (Å²) < 4.78 is 13.6. The number of ether oxygens (including phenoxy) is 2. The number of aliphatic hydroxyl groups is 4. The van der Waals surface area contributed by atoms with Crippen molar-refractivity contribution in [2.45, 2.75) is 167 Å². The Labute approximate surface area is 303 Å². The molecule has 0 aromatic heterocycles. The number of esters is 2. The van der Waals surface area contributed by atoms with Gasteiger partial charge in [0.2, 0.25) is 0 Å². The second-order valence-corrected chi connectivity index (χ2v) is 17.8. The Morgan fingerprint density at radius 3 is 1.28 bits per heavy atom. The molecular weight excluding hydrogens is 636 g/mol. The molecule has 0 amide bonds. The summed E-state index contributed by atoms with van der Waals surface area (Å²) in [5.74, 6) is -1.58. The molecule has 50 heavy (non-hydrogen) atoms. The van der Waals surface area contributed by atoms with Gasteiger partial charge in [0.1, 0.15) is 0 Å². The number of hydrogen-bond acceptors (Lipinski definition) is 8. The minimum Gasteiger partial charge on any atom is -0.463 e. The predicted octanol–water partition coefficient (Wildman–Crippen LogP) is 4.73. The Balaban J connectivity index is 1.08. The predicted molar refractivity (Wildman–Crippen MR) is 194 cm³/mol. The molecule has 0 bridgehead atoms.